The van der Waals surface area contributed by atoms with E-state index < -0.39 is 5.97 Å². The van der Waals surface area contributed by atoms with E-state index in [-0.39, 0.29) is 18.7 Å². The molecular formula is C22H28N2O4. The average Bonchev–Trinajstić information content (AvgIpc) is 3.21. The first-order valence-corrected chi connectivity index (χ1v) is 9.98. The number of amides is 1. The van der Waals surface area contributed by atoms with Crippen molar-refractivity contribution in [1.82, 2.24) is 10.2 Å². The number of benzene rings is 2. The van der Waals surface area contributed by atoms with E-state index in [1.54, 1.807) is 0 Å². The first-order valence-electron chi connectivity index (χ1n) is 9.98. The Labute approximate surface area is 165 Å². The number of fused-ring (bicyclic) bond motifs is 1. The van der Waals surface area contributed by atoms with E-state index in [4.69, 9.17) is 9.84 Å². The molecule has 150 valence electrons. The monoisotopic (exact) mass is 384 g/mol. The van der Waals surface area contributed by atoms with Gasteiger partial charge in [-0.25, -0.2) is 0 Å². The number of carboxylic acid groups (broad SMARTS) is 1. The molecule has 28 heavy (non-hydrogen) atoms. The first kappa shape index (κ1) is 20.1. The fourth-order valence-corrected chi connectivity index (χ4v) is 3.64. The van der Waals surface area contributed by atoms with Crippen molar-refractivity contribution in [3.63, 3.8) is 0 Å². The van der Waals surface area contributed by atoms with Crippen LogP contribution in [0, 0.1) is 0 Å². The van der Waals surface area contributed by atoms with Crippen LogP contribution in [0.1, 0.15) is 31.2 Å². The second kappa shape index (κ2) is 10.1. The van der Waals surface area contributed by atoms with Gasteiger partial charge in [-0.05, 0) is 49.2 Å². The molecule has 1 aliphatic rings. The van der Waals surface area contributed by atoms with Crippen LogP contribution in [-0.2, 0) is 16.0 Å². The first-order chi connectivity index (χ1) is 13.6. The molecule has 0 spiro atoms. The molecule has 0 unspecified atom stereocenters. The summed E-state index contributed by atoms with van der Waals surface area (Å²) in [7, 11) is 0. The van der Waals surface area contributed by atoms with Crippen molar-refractivity contribution in [3.05, 3.63) is 42.0 Å². The highest BCUT2D eigenvalue weighted by Gasteiger charge is 2.13. The third kappa shape index (κ3) is 5.70. The molecule has 0 atom stereocenters. The van der Waals surface area contributed by atoms with Crippen molar-refractivity contribution in [3.8, 4) is 5.75 Å². The summed E-state index contributed by atoms with van der Waals surface area (Å²) in [5.41, 5.74) is 1.08. The number of nitrogens with zero attached hydrogens (tertiary/aromatic N) is 1. The standard InChI is InChI=1S/C22H28N2O4/c25-21(9-10-22(26)27)23-12-11-19-18-6-2-1-5-17(18)7-8-20(19)28-16-15-24-13-3-4-14-24/h1-2,5-8H,3-4,9-16H2,(H,23,25)(H,26,27). The number of carboxylic acids is 1. The van der Waals surface area contributed by atoms with Gasteiger partial charge in [-0.2, -0.15) is 0 Å². The number of hydrogen-bond donors (Lipinski definition) is 2. The van der Waals surface area contributed by atoms with Crippen molar-refractivity contribution in [2.24, 2.45) is 0 Å². The quantitative estimate of drug-likeness (QED) is 0.659. The van der Waals surface area contributed by atoms with Crippen LogP contribution >= 0.6 is 0 Å². The third-order valence-corrected chi connectivity index (χ3v) is 5.12. The van der Waals surface area contributed by atoms with Crippen LogP contribution < -0.4 is 10.1 Å². The minimum atomic E-state index is -0.960. The summed E-state index contributed by atoms with van der Waals surface area (Å²) < 4.78 is 6.11. The smallest absolute Gasteiger partial charge is 0.303 e. The lowest BCUT2D eigenvalue weighted by atomic mass is 10.0. The highest BCUT2D eigenvalue weighted by atomic mass is 16.5. The van der Waals surface area contributed by atoms with Crippen LogP contribution in [0.25, 0.3) is 10.8 Å². The average molecular weight is 384 g/mol. The molecule has 3 rings (SSSR count). The molecule has 6 nitrogen and oxygen atoms in total. The largest absolute Gasteiger partial charge is 0.492 e. The van der Waals surface area contributed by atoms with E-state index in [1.807, 2.05) is 18.2 Å². The maximum Gasteiger partial charge on any atom is 0.303 e. The number of hydrogen-bond acceptors (Lipinski definition) is 4. The Kier molecular flexibility index (Phi) is 7.25. The molecule has 0 aliphatic carbocycles. The summed E-state index contributed by atoms with van der Waals surface area (Å²) in [6.07, 6.45) is 3.03. The summed E-state index contributed by atoms with van der Waals surface area (Å²) in [6.45, 7) is 4.33. The van der Waals surface area contributed by atoms with Crippen LogP contribution in [0.2, 0.25) is 0 Å². The van der Waals surface area contributed by atoms with Crippen molar-refractivity contribution < 1.29 is 19.4 Å². The Balaban J connectivity index is 1.63. The van der Waals surface area contributed by atoms with Crippen LogP contribution in [0.5, 0.6) is 5.75 Å². The van der Waals surface area contributed by atoms with Gasteiger partial charge in [0.15, 0.2) is 0 Å². The molecular weight excluding hydrogens is 356 g/mol. The SMILES string of the molecule is O=C(O)CCC(=O)NCCc1c(OCCN2CCCC2)ccc2ccccc12. The van der Waals surface area contributed by atoms with Crippen molar-refractivity contribution in [2.75, 3.05) is 32.8 Å². The molecule has 0 bridgehead atoms. The zero-order valence-electron chi connectivity index (χ0n) is 16.2. The van der Waals surface area contributed by atoms with Crippen LogP contribution in [-0.4, -0.2) is 54.7 Å². The van der Waals surface area contributed by atoms with E-state index in [0.717, 1.165) is 41.7 Å². The molecule has 1 aliphatic heterocycles. The Morgan fingerprint density at radius 3 is 2.64 bits per heavy atom. The molecule has 1 amide bonds. The minimum Gasteiger partial charge on any atom is -0.492 e. The number of nitrogens with one attached hydrogen (secondary N) is 1. The van der Waals surface area contributed by atoms with Gasteiger partial charge in [0.1, 0.15) is 12.4 Å². The van der Waals surface area contributed by atoms with E-state index in [2.05, 4.69) is 28.4 Å². The van der Waals surface area contributed by atoms with Gasteiger partial charge in [-0.15, -0.1) is 0 Å². The molecule has 0 aromatic heterocycles. The molecule has 1 saturated heterocycles. The Morgan fingerprint density at radius 1 is 1.07 bits per heavy atom. The van der Waals surface area contributed by atoms with Crippen LogP contribution in [0.3, 0.4) is 0 Å². The normalized spacial score (nSPS) is 14.3. The summed E-state index contributed by atoms with van der Waals surface area (Å²) >= 11 is 0. The topological polar surface area (TPSA) is 78.9 Å². The second-order valence-corrected chi connectivity index (χ2v) is 7.15. The summed E-state index contributed by atoms with van der Waals surface area (Å²) in [6, 6.07) is 12.2. The molecule has 1 heterocycles. The van der Waals surface area contributed by atoms with E-state index >= 15 is 0 Å². The highest BCUT2D eigenvalue weighted by Crippen LogP contribution is 2.28. The lowest BCUT2D eigenvalue weighted by Gasteiger charge is -2.18. The summed E-state index contributed by atoms with van der Waals surface area (Å²) in [5.74, 6) is -0.338. The van der Waals surface area contributed by atoms with Gasteiger partial charge in [-0.1, -0.05) is 30.3 Å². The fraction of sp³-hybridized carbons (Fsp3) is 0.455. The predicted molar refractivity (Wildman–Crippen MR) is 109 cm³/mol. The molecule has 0 saturated carbocycles. The Bertz CT molecular complexity index is 815. The molecule has 6 heteroatoms. The van der Waals surface area contributed by atoms with Gasteiger partial charge in [0.25, 0.3) is 0 Å². The van der Waals surface area contributed by atoms with Gasteiger partial charge in [0.05, 0.1) is 6.42 Å². The molecule has 0 radical (unpaired) electrons. The summed E-state index contributed by atoms with van der Waals surface area (Å²) in [4.78, 5) is 24.8. The summed E-state index contributed by atoms with van der Waals surface area (Å²) in [5, 5.41) is 13.8. The van der Waals surface area contributed by atoms with Crippen molar-refractivity contribution in [2.45, 2.75) is 32.1 Å². The van der Waals surface area contributed by atoms with E-state index in [1.165, 1.54) is 12.8 Å². The minimum absolute atomic E-state index is 0.00403. The van der Waals surface area contributed by atoms with Gasteiger partial charge in [0.2, 0.25) is 5.91 Å². The second-order valence-electron chi connectivity index (χ2n) is 7.15. The predicted octanol–water partition coefficient (Wildman–Crippen LogP) is 2.84. The van der Waals surface area contributed by atoms with Gasteiger partial charge < -0.3 is 15.2 Å². The molecule has 2 N–H and O–H groups in total. The van der Waals surface area contributed by atoms with Crippen LogP contribution in [0.15, 0.2) is 36.4 Å². The van der Waals surface area contributed by atoms with Crippen molar-refractivity contribution in [1.29, 1.82) is 0 Å². The molecule has 1 fully saturated rings. The number of rotatable bonds is 10. The maximum absolute atomic E-state index is 11.8. The third-order valence-electron chi connectivity index (χ3n) is 5.12. The van der Waals surface area contributed by atoms with Crippen molar-refractivity contribution >= 4 is 22.6 Å². The Morgan fingerprint density at radius 2 is 1.86 bits per heavy atom. The fourth-order valence-electron chi connectivity index (χ4n) is 3.64. The van der Waals surface area contributed by atoms with Gasteiger partial charge in [-0.3, -0.25) is 14.5 Å². The van der Waals surface area contributed by atoms with E-state index in [9.17, 15) is 9.59 Å². The lowest BCUT2D eigenvalue weighted by molar-refractivity contribution is -0.138. The van der Waals surface area contributed by atoms with Gasteiger partial charge >= 0.3 is 5.97 Å². The lowest BCUT2D eigenvalue weighted by Crippen LogP contribution is -2.27. The highest BCUT2D eigenvalue weighted by molar-refractivity contribution is 5.88. The number of aliphatic carboxylic acids is 1. The number of ether oxygens (including phenoxy) is 1. The molecule has 2 aromatic carbocycles. The number of carbonyl (C=O) groups excluding carboxylic acids is 1. The van der Waals surface area contributed by atoms with E-state index in [0.29, 0.717) is 19.6 Å². The molecule has 2 aromatic rings. The van der Waals surface area contributed by atoms with Gasteiger partial charge in [0, 0.05) is 25.1 Å². The number of likely N-dealkylation sites (tertiary alicyclic amines) is 1. The maximum atomic E-state index is 11.8. The number of carbonyl (C=O) groups is 2. The zero-order chi connectivity index (χ0) is 19.8. The van der Waals surface area contributed by atoms with Crippen LogP contribution in [0.4, 0.5) is 0 Å². The Hall–Kier alpha value is -2.60. The zero-order valence-corrected chi connectivity index (χ0v) is 16.2.